The molecule has 1 nitrogen and oxygen atoms in total. The van der Waals surface area contributed by atoms with Gasteiger partial charge in [-0.3, -0.25) is 0 Å². The molecule has 0 unspecified atom stereocenters. The standard InChI is InChI=1S/C9H9F3O/c10-5-9(13,6-11)7-1-3-8(12)4-2-7/h1-4,13H,5-6H2. The first kappa shape index (κ1) is 10.1. The summed E-state index contributed by atoms with van der Waals surface area (Å²) < 4.78 is 36.9. The summed E-state index contributed by atoms with van der Waals surface area (Å²) in [5.74, 6) is -0.510. The normalized spacial score (nSPS) is 11.7. The Morgan fingerprint density at radius 2 is 1.54 bits per heavy atom. The highest BCUT2D eigenvalue weighted by molar-refractivity contribution is 5.23. The van der Waals surface area contributed by atoms with E-state index in [1.54, 1.807) is 0 Å². The van der Waals surface area contributed by atoms with Gasteiger partial charge in [0.05, 0.1) is 0 Å². The van der Waals surface area contributed by atoms with Gasteiger partial charge in [0.25, 0.3) is 0 Å². The summed E-state index contributed by atoms with van der Waals surface area (Å²) in [6.45, 7) is -2.45. The molecule has 0 amide bonds. The van der Waals surface area contributed by atoms with E-state index >= 15 is 0 Å². The molecule has 0 bridgehead atoms. The molecule has 0 fully saturated rings. The van der Waals surface area contributed by atoms with Crippen molar-refractivity contribution in [2.75, 3.05) is 13.3 Å². The van der Waals surface area contributed by atoms with Crippen molar-refractivity contribution < 1.29 is 18.3 Å². The quantitative estimate of drug-likeness (QED) is 0.772. The summed E-state index contributed by atoms with van der Waals surface area (Å²) in [6.07, 6.45) is 0. The molecule has 4 heteroatoms. The summed E-state index contributed by atoms with van der Waals surface area (Å²) in [7, 11) is 0. The molecule has 72 valence electrons. The number of aliphatic hydroxyl groups is 1. The number of hydrogen-bond acceptors (Lipinski definition) is 1. The Morgan fingerprint density at radius 3 is 1.92 bits per heavy atom. The minimum absolute atomic E-state index is 0.0406. The maximum absolute atomic E-state index is 12.4. The van der Waals surface area contributed by atoms with Gasteiger partial charge < -0.3 is 5.11 Å². The molecule has 0 atom stereocenters. The molecule has 0 saturated carbocycles. The lowest BCUT2D eigenvalue weighted by Gasteiger charge is -2.21. The van der Waals surface area contributed by atoms with Crippen LogP contribution in [-0.2, 0) is 5.60 Å². The predicted molar refractivity (Wildman–Crippen MR) is 42.2 cm³/mol. The second-order valence-corrected chi connectivity index (χ2v) is 2.81. The molecular weight excluding hydrogens is 181 g/mol. The van der Waals surface area contributed by atoms with Crippen LogP contribution in [0.2, 0.25) is 0 Å². The Bertz CT molecular complexity index is 267. The summed E-state index contributed by atoms with van der Waals surface area (Å²) >= 11 is 0. The van der Waals surface area contributed by atoms with Crippen molar-refractivity contribution in [3.8, 4) is 0 Å². The summed E-state index contributed by atoms with van der Waals surface area (Å²) in [6, 6.07) is 4.42. The summed E-state index contributed by atoms with van der Waals surface area (Å²) in [5, 5.41) is 9.32. The third-order valence-corrected chi connectivity index (χ3v) is 1.82. The van der Waals surface area contributed by atoms with Crippen LogP contribution in [0.3, 0.4) is 0 Å². The lowest BCUT2D eigenvalue weighted by molar-refractivity contribution is -0.0111. The second-order valence-electron chi connectivity index (χ2n) is 2.81. The average molecular weight is 190 g/mol. The highest BCUT2D eigenvalue weighted by atomic mass is 19.1. The van der Waals surface area contributed by atoms with Crippen molar-refractivity contribution in [1.82, 2.24) is 0 Å². The van der Waals surface area contributed by atoms with Gasteiger partial charge in [0.2, 0.25) is 0 Å². The first-order valence-corrected chi connectivity index (χ1v) is 3.73. The molecule has 0 heterocycles. The average Bonchev–Trinajstić information content (AvgIpc) is 2.18. The van der Waals surface area contributed by atoms with Crippen molar-refractivity contribution in [2.24, 2.45) is 0 Å². The van der Waals surface area contributed by atoms with E-state index in [9.17, 15) is 18.3 Å². The molecule has 1 aromatic rings. The van der Waals surface area contributed by atoms with Crippen molar-refractivity contribution in [1.29, 1.82) is 0 Å². The van der Waals surface area contributed by atoms with Crippen LogP contribution in [0.1, 0.15) is 5.56 Å². The van der Waals surface area contributed by atoms with Crippen LogP contribution < -0.4 is 0 Å². The molecule has 0 aromatic heterocycles. The Balaban J connectivity index is 2.99. The zero-order chi connectivity index (χ0) is 9.90. The van der Waals surface area contributed by atoms with Crippen LogP contribution in [0.4, 0.5) is 13.2 Å². The molecule has 13 heavy (non-hydrogen) atoms. The van der Waals surface area contributed by atoms with Crippen LogP contribution in [-0.4, -0.2) is 18.5 Å². The third kappa shape index (κ3) is 2.01. The van der Waals surface area contributed by atoms with Crippen LogP contribution in [0.25, 0.3) is 0 Å². The molecule has 0 radical (unpaired) electrons. The van der Waals surface area contributed by atoms with Gasteiger partial charge in [0, 0.05) is 0 Å². The van der Waals surface area contributed by atoms with E-state index in [0.29, 0.717) is 0 Å². The molecule has 0 saturated heterocycles. The van der Waals surface area contributed by atoms with Gasteiger partial charge in [-0.1, -0.05) is 12.1 Å². The molecule has 0 aliphatic rings. The lowest BCUT2D eigenvalue weighted by Crippen LogP contribution is -2.30. The fourth-order valence-electron chi connectivity index (χ4n) is 0.950. The molecule has 0 spiro atoms. The van der Waals surface area contributed by atoms with E-state index in [2.05, 4.69) is 0 Å². The van der Waals surface area contributed by atoms with E-state index in [0.717, 1.165) is 24.3 Å². The van der Waals surface area contributed by atoms with Crippen molar-refractivity contribution >= 4 is 0 Å². The topological polar surface area (TPSA) is 20.2 Å². The Hall–Kier alpha value is -1.03. The van der Waals surface area contributed by atoms with Gasteiger partial charge >= 0.3 is 0 Å². The minimum atomic E-state index is -2.13. The summed E-state index contributed by atoms with van der Waals surface area (Å²) in [4.78, 5) is 0. The van der Waals surface area contributed by atoms with Crippen molar-refractivity contribution in [3.63, 3.8) is 0 Å². The fraction of sp³-hybridized carbons (Fsp3) is 0.333. The van der Waals surface area contributed by atoms with Gasteiger partial charge in [-0.15, -0.1) is 0 Å². The van der Waals surface area contributed by atoms with Gasteiger partial charge in [-0.2, -0.15) is 0 Å². The maximum Gasteiger partial charge on any atom is 0.146 e. The molecular formula is C9H9F3O. The highest BCUT2D eigenvalue weighted by Gasteiger charge is 2.29. The van der Waals surface area contributed by atoms with Gasteiger partial charge in [-0.25, -0.2) is 13.2 Å². The minimum Gasteiger partial charge on any atom is -0.380 e. The molecule has 0 aliphatic heterocycles. The largest absolute Gasteiger partial charge is 0.380 e. The zero-order valence-corrected chi connectivity index (χ0v) is 6.80. The van der Waals surface area contributed by atoms with Crippen molar-refractivity contribution in [2.45, 2.75) is 5.60 Å². The number of alkyl halides is 2. The third-order valence-electron chi connectivity index (χ3n) is 1.82. The Morgan fingerprint density at radius 1 is 1.08 bits per heavy atom. The summed E-state index contributed by atoms with van der Waals surface area (Å²) in [5.41, 5.74) is -2.09. The first-order valence-electron chi connectivity index (χ1n) is 3.73. The predicted octanol–water partition coefficient (Wildman–Crippen LogP) is 1.95. The smallest absolute Gasteiger partial charge is 0.146 e. The van der Waals surface area contributed by atoms with E-state index < -0.39 is 24.8 Å². The van der Waals surface area contributed by atoms with Crippen LogP contribution >= 0.6 is 0 Å². The van der Waals surface area contributed by atoms with Gasteiger partial charge in [0.1, 0.15) is 24.8 Å². The molecule has 1 rings (SSSR count). The number of halogens is 3. The van der Waals surface area contributed by atoms with Crippen LogP contribution in [0, 0.1) is 5.82 Å². The number of hydrogen-bond donors (Lipinski definition) is 1. The fourth-order valence-corrected chi connectivity index (χ4v) is 0.950. The zero-order valence-electron chi connectivity index (χ0n) is 6.80. The first-order chi connectivity index (χ1) is 6.12. The number of benzene rings is 1. The van der Waals surface area contributed by atoms with Gasteiger partial charge in [0.15, 0.2) is 0 Å². The molecule has 0 aliphatic carbocycles. The molecule has 1 N–H and O–H groups in total. The van der Waals surface area contributed by atoms with E-state index in [1.165, 1.54) is 0 Å². The second kappa shape index (κ2) is 3.79. The monoisotopic (exact) mass is 190 g/mol. The highest BCUT2D eigenvalue weighted by Crippen LogP contribution is 2.22. The number of rotatable bonds is 3. The Labute approximate surface area is 73.8 Å². The SMILES string of the molecule is OC(CF)(CF)c1ccc(F)cc1. The lowest BCUT2D eigenvalue weighted by atomic mass is 9.97. The van der Waals surface area contributed by atoms with Gasteiger partial charge in [-0.05, 0) is 17.7 Å². The van der Waals surface area contributed by atoms with Crippen LogP contribution in [0.5, 0.6) is 0 Å². The van der Waals surface area contributed by atoms with Crippen molar-refractivity contribution in [3.05, 3.63) is 35.6 Å². The van der Waals surface area contributed by atoms with E-state index in [1.807, 2.05) is 0 Å². The van der Waals surface area contributed by atoms with E-state index in [4.69, 9.17) is 0 Å². The maximum atomic E-state index is 12.4. The Kier molecular flexibility index (Phi) is 2.93. The van der Waals surface area contributed by atoms with Crippen LogP contribution in [0.15, 0.2) is 24.3 Å². The van der Waals surface area contributed by atoms with E-state index in [-0.39, 0.29) is 5.56 Å². The molecule has 1 aromatic carbocycles.